The van der Waals surface area contributed by atoms with Crippen LogP contribution >= 0.6 is 11.6 Å². The Bertz CT molecular complexity index is 667. The van der Waals surface area contributed by atoms with Gasteiger partial charge in [0.2, 0.25) is 0 Å². The van der Waals surface area contributed by atoms with E-state index >= 15 is 0 Å². The quantitative estimate of drug-likeness (QED) is 0.875. The summed E-state index contributed by atoms with van der Waals surface area (Å²) in [6, 6.07) is 15.1. The van der Waals surface area contributed by atoms with E-state index in [0.29, 0.717) is 23.2 Å². The van der Waals surface area contributed by atoms with Crippen LogP contribution in [-0.4, -0.2) is 16.8 Å². The number of carbonyl (C=O) groups is 1. The molecule has 0 radical (unpaired) electrons. The van der Waals surface area contributed by atoms with Crippen molar-refractivity contribution in [2.75, 3.05) is 5.73 Å². The molecule has 0 saturated heterocycles. The molecule has 21 heavy (non-hydrogen) atoms. The minimum Gasteiger partial charge on any atom is -0.398 e. The first-order valence-corrected chi connectivity index (χ1v) is 7.43. The van der Waals surface area contributed by atoms with Crippen molar-refractivity contribution >= 4 is 23.2 Å². The highest BCUT2D eigenvalue weighted by atomic mass is 35.5. The van der Waals surface area contributed by atoms with Crippen molar-refractivity contribution in [3.63, 3.8) is 0 Å². The number of halogens is 1. The largest absolute Gasteiger partial charge is 0.398 e. The van der Waals surface area contributed by atoms with E-state index in [9.17, 15) is 4.79 Å². The standard InChI is InChI=1S/C17H17ClN2O/c18-15-7-3-2-6-14(15)17(21)20(13-9-10-13)11-12-5-1-4-8-16(12)19/h1-8,13H,9-11,19H2. The van der Waals surface area contributed by atoms with E-state index in [4.69, 9.17) is 17.3 Å². The molecule has 2 N–H and O–H groups in total. The molecule has 2 aromatic rings. The fourth-order valence-corrected chi connectivity index (χ4v) is 2.62. The van der Waals surface area contributed by atoms with Gasteiger partial charge in [0, 0.05) is 18.3 Å². The molecule has 0 bridgehead atoms. The highest BCUT2D eigenvalue weighted by Gasteiger charge is 2.33. The summed E-state index contributed by atoms with van der Waals surface area (Å²) in [7, 11) is 0. The van der Waals surface area contributed by atoms with Crippen molar-refractivity contribution in [3.05, 3.63) is 64.7 Å². The summed E-state index contributed by atoms with van der Waals surface area (Å²) in [5.41, 5.74) is 8.24. The number of para-hydroxylation sites is 1. The van der Waals surface area contributed by atoms with Gasteiger partial charge in [0.15, 0.2) is 0 Å². The first-order chi connectivity index (χ1) is 10.2. The summed E-state index contributed by atoms with van der Waals surface area (Å²) >= 11 is 6.15. The second-order valence-corrected chi connectivity index (χ2v) is 5.75. The molecule has 3 rings (SSSR count). The molecule has 0 spiro atoms. The highest BCUT2D eigenvalue weighted by Crippen LogP contribution is 2.31. The van der Waals surface area contributed by atoms with Gasteiger partial charge in [-0.05, 0) is 36.6 Å². The maximum atomic E-state index is 12.8. The fourth-order valence-electron chi connectivity index (χ4n) is 2.40. The molecule has 0 unspecified atom stereocenters. The van der Waals surface area contributed by atoms with Crippen LogP contribution in [0.2, 0.25) is 5.02 Å². The third-order valence-corrected chi connectivity index (χ3v) is 4.08. The van der Waals surface area contributed by atoms with E-state index in [0.717, 1.165) is 24.1 Å². The van der Waals surface area contributed by atoms with Gasteiger partial charge in [-0.3, -0.25) is 4.79 Å². The molecule has 4 heteroatoms. The van der Waals surface area contributed by atoms with E-state index in [2.05, 4.69) is 0 Å². The summed E-state index contributed by atoms with van der Waals surface area (Å²) < 4.78 is 0. The molecule has 1 aliphatic carbocycles. The van der Waals surface area contributed by atoms with E-state index < -0.39 is 0 Å². The Morgan fingerprint density at radius 3 is 2.48 bits per heavy atom. The van der Waals surface area contributed by atoms with Crippen LogP contribution in [0.25, 0.3) is 0 Å². The van der Waals surface area contributed by atoms with Gasteiger partial charge >= 0.3 is 0 Å². The Kier molecular flexibility index (Phi) is 3.84. The van der Waals surface area contributed by atoms with Gasteiger partial charge in [0.05, 0.1) is 10.6 Å². The number of nitrogens with zero attached hydrogens (tertiary/aromatic N) is 1. The predicted octanol–water partition coefficient (Wildman–Crippen LogP) is 3.73. The number of nitrogen functional groups attached to an aromatic ring is 1. The molecule has 0 aromatic heterocycles. The lowest BCUT2D eigenvalue weighted by atomic mass is 10.1. The molecule has 0 atom stereocenters. The Labute approximate surface area is 129 Å². The molecule has 108 valence electrons. The second-order valence-electron chi connectivity index (χ2n) is 5.34. The third kappa shape index (κ3) is 3.03. The molecule has 1 amide bonds. The van der Waals surface area contributed by atoms with Gasteiger partial charge < -0.3 is 10.6 Å². The van der Waals surface area contributed by atoms with Crippen LogP contribution in [-0.2, 0) is 6.54 Å². The van der Waals surface area contributed by atoms with Crippen LogP contribution in [0.1, 0.15) is 28.8 Å². The summed E-state index contributed by atoms with van der Waals surface area (Å²) in [5.74, 6) is -0.0219. The molecule has 0 aliphatic heterocycles. The van der Waals surface area contributed by atoms with E-state index in [1.54, 1.807) is 12.1 Å². The summed E-state index contributed by atoms with van der Waals surface area (Å²) in [6.07, 6.45) is 2.09. The van der Waals surface area contributed by atoms with Crippen LogP contribution in [0.4, 0.5) is 5.69 Å². The lowest BCUT2D eigenvalue weighted by Gasteiger charge is -2.24. The average molecular weight is 301 g/mol. The zero-order valence-corrected chi connectivity index (χ0v) is 12.4. The Morgan fingerprint density at radius 1 is 1.14 bits per heavy atom. The van der Waals surface area contributed by atoms with Crippen LogP contribution in [0.15, 0.2) is 48.5 Å². The number of rotatable bonds is 4. The number of anilines is 1. The monoisotopic (exact) mass is 300 g/mol. The van der Waals surface area contributed by atoms with Crippen molar-refractivity contribution in [1.29, 1.82) is 0 Å². The first kappa shape index (κ1) is 14.0. The van der Waals surface area contributed by atoms with Crippen LogP contribution in [0.5, 0.6) is 0 Å². The van der Waals surface area contributed by atoms with Gasteiger partial charge in [-0.1, -0.05) is 41.9 Å². The summed E-state index contributed by atoms with van der Waals surface area (Å²) in [6.45, 7) is 0.529. The van der Waals surface area contributed by atoms with Gasteiger partial charge in [-0.2, -0.15) is 0 Å². The zero-order chi connectivity index (χ0) is 14.8. The topological polar surface area (TPSA) is 46.3 Å². The van der Waals surface area contributed by atoms with E-state index in [1.165, 1.54) is 0 Å². The normalized spacial score (nSPS) is 14.0. The maximum absolute atomic E-state index is 12.8. The predicted molar refractivity (Wildman–Crippen MR) is 85.2 cm³/mol. The SMILES string of the molecule is Nc1ccccc1CN(C(=O)c1ccccc1Cl)C1CC1. The molecular weight excluding hydrogens is 284 g/mol. The molecule has 3 nitrogen and oxygen atoms in total. The van der Waals surface area contributed by atoms with Crippen molar-refractivity contribution in [1.82, 2.24) is 4.90 Å². The number of benzene rings is 2. The minimum absolute atomic E-state index is 0.0219. The van der Waals surface area contributed by atoms with Gasteiger partial charge in [0.25, 0.3) is 5.91 Å². The minimum atomic E-state index is -0.0219. The number of carbonyl (C=O) groups excluding carboxylic acids is 1. The van der Waals surface area contributed by atoms with Gasteiger partial charge in [-0.15, -0.1) is 0 Å². The number of hydrogen-bond donors (Lipinski definition) is 1. The zero-order valence-electron chi connectivity index (χ0n) is 11.6. The van der Waals surface area contributed by atoms with Crippen molar-refractivity contribution < 1.29 is 4.79 Å². The molecule has 0 heterocycles. The molecule has 2 aromatic carbocycles. The lowest BCUT2D eigenvalue weighted by molar-refractivity contribution is 0.0730. The number of hydrogen-bond acceptors (Lipinski definition) is 2. The van der Waals surface area contributed by atoms with Gasteiger partial charge in [0.1, 0.15) is 0 Å². The maximum Gasteiger partial charge on any atom is 0.255 e. The molecule has 1 fully saturated rings. The second kappa shape index (κ2) is 5.78. The smallest absolute Gasteiger partial charge is 0.255 e. The average Bonchev–Trinajstić information content (AvgIpc) is 3.31. The Morgan fingerprint density at radius 2 is 1.81 bits per heavy atom. The van der Waals surface area contributed by atoms with Crippen LogP contribution in [0, 0.1) is 0 Å². The molecule has 1 saturated carbocycles. The lowest BCUT2D eigenvalue weighted by Crippen LogP contribution is -2.33. The van der Waals surface area contributed by atoms with Crippen molar-refractivity contribution in [2.24, 2.45) is 0 Å². The third-order valence-electron chi connectivity index (χ3n) is 3.75. The van der Waals surface area contributed by atoms with Crippen molar-refractivity contribution in [2.45, 2.75) is 25.4 Å². The molecular formula is C17H17ClN2O. The highest BCUT2D eigenvalue weighted by molar-refractivity contribution is 6.33. The number of amides is 1. The summed E-state index contributed by atoms with van der Waals surface area (Å²) in [4.78, 5) is 14.6. The van der Waals surface area contributed by atoms with Gasteiger partial charge in [-0.25, -0.2) is 0 Å². The fraction of sp³-hybridized carbons (Fsp3) is 0.235. The number of nitrogens with two attached hydrogens (primary N) is 1. The van der Waals surface area contributed by atoms with Crippen LogP contribution < -0.4 is 5.73 Å². The Hall–Kier alpha value is -2.00. The van der Waals surface area contributed by atoms with Crippen LogP contribution in [0.3, 0.4) is 0 Å². The summed E-state index contributed by atoms with van der Waals surface area (Å²) in [5, 5.41) is 0.495. The Balaban J connectivity index is 1.87. The first-order valence-electron chi connectivity index (χ1n) is 7.05. The van der Waals surface area contributed by atoms with Crippen molar-refractivity contribution in [3.8, 4) is 0 Å². The van der Waals surface area contributed by atoms with E-state index in [1.807, 2.05) is 41.3 Å². The van der Waals surface area contributed by atoms with E-state index in [-0.39, 0.29) is 5.91 Å². The molecule has 1 aliphatic rings.